The summed E-state index contributed by atoms with van der Waals surface area (Å²) in [6.07, 6.45) is 0.495. The van der Waals surface area contributed by atoms with Crippen LogP contribution in [0.1, 0.15) is 26.3 Å². The summed E-state index contributed by atoms with van der Waals surface area (Å²) in [6.45, 7) is 4.03. The van der Waals surface area contributed by atoms with Crippen LogP contribution in [0.4, 0.5) is 0 Å². The highest BCUT2D eigenvalue weighted by Crippen LogP contribution is 2.40. The van der Waals surface area contributed by atoms with Gasteiger partial charge in [-0.25, -0.2) is 9.78 Å². The van der Waals surface area contributed by atoms with Crippen molar-refractivity contribution in [3.05, 3.63) is 42.5 Å². The zero-order valence-corrected chi connectivity index (χ0v) is 16.0. The summed E-state index contributed by atoms with van der Waals surface area (Å²) in [4.78, 5) is 16.9. The third kappa shape index (κ3) is 3.47. The first-order valence-electron chi connectivity index (χ1n) is 8.89. The molecule has 3 rings (SSSR count). The summed E-state index contributed by atoms with van der Waals surface area (Å²) in [5.41, 5.74) is 2.22. The van der Waals surface area contributed by atoms with E-state index in [0.29, 0.717) is 29.3 Å². The van der Waals surface area contributed by atoms with Crippen molar-refractivity contribution in [2.45, 2.75) is 26.3 Å². The molecule has 1 heterocycles. The molecule has 1 aromatic heterocycles. The van der Waals surface area contributed by atoms with Crippen LogP contribution in [-0.2, 0) is 4.79 Å². The molecule has 0 saturated carbocycles. The molecule has 1 N–H and O–H groups in total. The maximum Gasteiger partial charge on any atom is 0.326 e. The topological polar surface area (TPSA) is 73.6 Å². The zero-order chi connectivity index (χ0) is 19.6. The van der Waals surface area contributed by atoms with Crippen molar-refractivity contribution < 1.29 is 19.4 Å². The molecular formula is C21H24N2O4. The van der Waals surface area contributed by atoms with Crippen LogP contribution < -0.4 is 9.47 Å². The number of aliphatic carboxylic acids is 1. The number of hydrogen-bond acceptors (Lipinski definition) is 4. The standard InChI is InChI=1S/C21H24N2O4/c1-13(2)12-17(21(24)25)23-16-10-6-5-9-15(16)22-20(23)14-8-7-11-18(26-3)19(14)27-4/h5-11,13,17H,12H2,1-4H3,(H,24,25). The molecule has 6 heteroatoms. The van der Waals surface area contributed by atoms with Crippen LogP contribution >= 0.6 is 0 Å². The first-order valence-corrected chi connectivity index (χ1v) is 8.89. The number of carboxylic acids is 1. The Labute approximate surface area is 158 Å². The first-order chi connectivity index (χ1) is 13.0. The van der Waals surface area contributed by atoms with Gasteiger partial charge >= 0.3 is 5.97 Å². The number of carbonyl (C=O) groups is 1. The molecule has 27 heavy (non-hydrogen) atoms. The molecule has 0 saturated heterocycles. The highest BCUT2D eigenvalue weighted by molar-refractivity contribution is 5.86. The van der Waals surface area contributed by atoms with Gasteiger partial charge < -0.3 is 19.1 Å². The van der Waals surface area contributed by atoms with Gasteiger partial charge in [-0.3, -0.25) is 0 Å². The van der Waals surface area contributed by atoms with E-state index in [1.807, 2.05) is 50.2 Å². The molecule has 6 nitrogen and oxygen atoms in total. The van der Waals surface area contributed by atoms with Crippen molar-refractivity contribution in [1.82, 2.24) is 9.55 Å². The second-order valence-corrected chi connectivity index (χ2v) is 6.82. The van der Waals surface area contributed by atoms with Gasteiger partial charge in [0, 0.05) is 0 Å². The minimum Gasteiger partial charge on any atom is -0.493 e. The largest absolute Gasteiger partial charge is 0.493 e. The number of para-hydroxylation sites is 3. The summed E-state index contributed by atoms with van der Waals surface area (Å²) in [7, 11) is 3.14. The Morgan fingerprint density at radius 2 is 1.85 bits per heavy atom. The molecule has 0 amide bonds. The summed E-state index contributed by atoms with van der Waals surface area (Å²) >= 11 is 0. The lowest BCUT2D eigenvalue weighted by atomic mass is 10.0. The predicted octanol–water partition coefficient (Wildman–Crippen LogP) is 4.39. The maximum absolute atomic E-state index is 12.1. The Morgan fingerprint density at radius 1 is 1.11 bits per heavy atom. The molecule has 0 aliphatic heterocycles. The van der Waals surface area contributed by atoms with Crippen LogP contribution in [0.5, 0.6) is 11.5 Å². The fourth-order valence-electron chi connectivity index (χ4n) is 3.38. The lowest BCUT2D eigenvalue weighted by molar-refractivity contribution is -0.141. The van der Waals surface area contributed by atoms with Gasteiger partial charge in [0.25, 0.3) is 0 Å². The van der Waals surface area contributed by atoms with Crippen molar-refractivity contribution in [3.63, 3.8) is 0 Å². The van der Waals surface area contributed by atoms with Crippen LogP contribution in [0.25, 0.3) is 22.4 Å². The van der Waals surface area contributed by atoms with Gasteiger partial charge in [-0.15, -0.1) is 0 Å². The molecule has 142 valence electrons. The number of benzene rings is 2. The van der Waals surface area contributed by atoms with Crippen LogP contribution in [0, 0.1) is 5.92 Å². The van der Waals surface area contributed by atoms with Gasteiger partial charge in [-0.2, -0.15) is 0 Å². The van der Waals surface area contributed by atoms with Gasteiger partial charge in [-0.05, 0) is 36.6 Å². The lowest BCUT2D eigenvalue weighted by Gasteiger charge is -2.21. The van der Waals surface area contributed by atoms with Crippen LogP contribution in [0.2, 0.25) is 0 Å². The minimum atomic E-state index is -0.880. The molecule has 0 radical (unpaired) electrons. The second-order valence-electron chi connectivity index (χ2n) is 6.82. The van der Waals surface area contributed by atoms with Crippen LogP contribution in [0.3, 0.4) is 0 Å². The third-order valence-electron chi connectivity index (χ3n) is 4.53. The molecule has 2 aromatic carbocycles. The van der Waals surface area contributed by atoms with Gasteiger partial charge in [0.15, 0.2) is 11.5 Å². The average molecular weight is 368 g/mol. The first kappa shape index (κ1) is 18.8. The molecule has 0 bridgehead atoms. The average Bonchev–Trinajstić information content (AvgIpc) is 3.04. The lowest BCUT2D eigenvalue weighted by Crippen LogP contribution is -2.21. The monoisotopic (exact) mass is 368 g/mol. The number of nitrogens with zero attached hydrogens (tertiary/aromatic N) is 2. The van der Waals surface area contributed by atoms with E-state index in [9.17, 15) is 9.90 Å². The van der Waals surface area contributed by atoms with Gasteiger partial charge in [0.1, 0.15) is 11.9 Å². The molecule has 0 aliphatic rings. The number of imidazole rings is 1. The highest BCUT2D eigenvalue weighted by Gasteiger charge is 2.28. The van der Waals surface area contributed by atoms with Gasteiger partial charge in [0.05, 0.1) is 30.8 Å². The van der Waals surface area contributed by atoms with Crippen molar-refractivity contribution in [1.29, 1.82) is 0 Å². The Bertz CT molecular complexity index is 962. The van der Waals surface area contributed by atoms with Crippen molar-refractivity contribution >= 4 is 17.0 Å². The number of rotatable bonds is 7. The second kappa shape index (κ2) is 7.70. The molecule has 0 spiro atoms. The van der Waals surface area contributed by atoms with Crippen LogP contribution in [0.15, 0.2) is 42.5 Å². The number of ether oxygens (including phenoxy) is 2. The van der Waals surface area contributed by atoms with Gasteiger partial charge in [-0.1, -0.05) is 32.0 Å². The third-order valence-corrected chi connectivity index (χ3v) is 4.53. The molecular weight excluding hydrogens is 344 g/mol. The molecule has 0 fully saturated rings. The predicted molar refractivity (Wildman–Crippen MR) is 104 cm³/mol. The normalized spacial score (nSPS) is 12.3. The Kier molecular flexibility index (Phi) is 5.35. The van der Waals surface area contributed by atoms with Gasteiger partial charge in [0.2, 0.25) is 0 Å². The number of methoxy groups -OCH3 is 2. The number of aromatic nitrogens is 2. The van der Waals surface area contributed by atoms with E-state index in [4.69, 9.17) is 14.5 Å². The Hall–Kier alpha value is -3.02. The zero-order valence-electron chi connectivity index (χ0n) is 16.0. The van der Waals surface area contributed by atoms with E-state index in [2.05, 4.69) is 0 Å². The van der Waals surface area contributed by atoms with E-state index < -0.39 is 12.0 Å². The number of hydrogen-bond donors (Lipinski definition) is 1. The number of fused-ring (bicyclic) bond motifs is 1. The van der Waals surface area contributed by atoms with Crippen molar-refractivity contribution in [2.24, 2.45) is 5.92 Å². The van der Waals surface area contributed by atoms with Crippen molar-refractivity contribution in [3.8, 4) is 22.9 Å². The number of carboxylic acid groups (broad SMARTS) is 1. The maximum atomic E-state index is 12.1. The van der Waals surface area contributed by atoms with Crippen molar-refractivity contribution in [2.75, 3.05) is 14.2 Å². The fourth-order valence-corrected chi connectivity index (χ4v) is 3.38. The van der Waals surface area contributed by atoms with E-state index in [-0.39, 0.29) is 5.92 Å². The summed E-state index contributed by atoms with van der Waals surface area (Å²) in [5, 5.41) is 9.95. The molecule has 0 aliphatic carbocycles. The summed E-state index contributed by atoms with van der Waals surface area (Å²) < 4.78 is 12.8. The molecule has 1 unspecified atom stereocenters. The minimum absolute atomic E-state index is 0.215. The quantitative estimate of drug-likeness (QED) is 0.669. The van der Waals surface area contributed by atoms with E-state index >= 15 is 0 Å². The van der Waals surface area contributed by atoms with Crippen LogP contribution in [-0.4, -0.2) is 34.8 Å². The molecule has 1 atom stereocenters. The SMILES string of the molecule is COc1cccc(-c2nc3ccccc3n2C(CC(C)C)C(=O)O)c1OC. The highest BCUT2D eigenvalue weighted by atomic mass is 16.5. The van der Waals surface area contributed by atoms with E-state index in [1.54, 1.807) is 24.9 Å². The fraction of sp³-hybridized carbons (Fsp3) is 0.333. The Balaban J connectivity index is 2.33. The smallest absolute Gasteiger partial charge is 0.326 e. The molecule has 3 aromatic rings. The summed E-state index contributed by atoms with van der Waals surface area (Å²) in [5.74, 6) is 0.997. The van der Waals surface area contributed by atoms with E-state index in [1.165, 1.54) is 0 Å². The summed E-state index contributed by atoms with van der Waals surface area (Å²) in [6, 6.07) is 12.4. The van der Waals surface area contributed by atoms with E-state index in [0.717, 1.165) is 11.0 Å². The Morgan fingerprint density at radius 3 is 2.48 bits per heavy atom.